The van der Waals surface area contributed by atoms with Crippen LogP contribution in [0.25, 0.3) is 66.4 Å². The van der Waals surface area contributed by atoms with Crippen molar-refractivity contribution in [3.8, 4) is 50.6 Å². The largest absolute Gasteiger partial charge is 0.456 e. The highest BCUT2D eigenvalue weighted by molar-refractivity contribution is 6.06. The second-order valence-corrected chi connectivity index (χ2v) is 14.9. The minimum atomic E-state index is -0.185. The van der Waals surface area contributed by atoms with E-state index in [1.165, 1.54) is 33.4 Å². The number of nitriles is 1. The number of para-hydroxylation sites is 1. The van der Waals surface area contributed by atoms with Gasteiger partial charge in [-0.1, -0.05) is 123 Å². The molecular formula is C52H36N2O. The maximum absolute atomic E-state index is 9.56. The summed E-state index contributed by atoms with van der Waals surface area (Å²) in [5.41, 5.74) is 17.6. The molecule has 0 atom stereocenters. The van der Waals surface area contributed by atoms with Crippen molar-refractivity contribution in [1.29, 1.82) is 5.26 Å². The average molecular weight is 705 g/mol. The SMILES string of the molecule is CC1(C)c2cc(-c3ccccc3)ccc2-c2ccc(N(c3ccc(C#N)cc3)c3ccc(-c4ccc(-c5ccc6c(c5)oc5ccccc56)cc4)cc3)cc21. The molecule has 0 radical (unpaired) electrons. The summed E-state index contributed by atoms with van der Waals surface area (Å²) in [7, 11) is 0. The highest BCUT2D eigenvalue weighted by Crippen LogP contribution is 2.51. The molecule has 9 aromatic rings. The second kappa shape index (κ2) is 12.8. The molecule has 0 amide bonds. The van der Waals surface area contributed by atoms with Gasteiger partial charge in [-0.25, -0.2) is 0 Å². The summed E-state index contributed by atoms with van der Waals surface area (Å²) in [6.45, 7) is 4.67. The molecule has 1 aromatic heterocycles. The number of nitrogens with zero attached hydrogens (tertiary/aromatic N) is 2. The van der Waals surface area contributed by atoms with Gasteiger partial charge in [0.15, 0.2) is 0 Å². The molecule has 10 rings (SSSR count). The molecule has 55 heavy (non-hydrogen) atoms. The first-order chi connectivity index (χ1) is 26.9. The Morgan fingerprint density at radius 3 is 1.64 bits per heavy atom. The van der Waals surface area contributed by atoms with E-state index in [0.29, 0.717) is 5.56 Å². The van der Waals surface area contributed by atoms with Gasteiger partial charge in [-0.3, -0.25) is 0 Å². The lowest BCUT2D eigenvalue weighted by molar-refractivity contribution is 0.660. The fourth-order valence-electron chi connectivity index (χ4n) is 8.37. The summed E-state index contributed by atoms with van der Waals surface area (Å²) in [5, 5.41) is 11.8. The van der Waals surface area contributed by atoms with E-state index in [-0.39, 0.29) is 5.41 Å². The highest BCUT2D eigenvalue weighted by Gasteiger charge is 2.36. The smallest absolute Gasteiger partial charge is 0.136 e. The van der Waals surface area contributed by atoms with Gasteiger partial charge in [-0.2, -0.15) is 5.26 Å². The number of rotatable bonds is 6. The van der Waals surface area contributed by atoms with Gasteiger partial charge in [-0.15, -0.1) is 0 Å². The standard InChI is InChI=1S/C52H36N2O/c1-52(2)48-30-39(35-8-4-3-5-9-35)20-27-44(48)45-29-26-43(32-49(45)52)54(41-22-12-34(33-53)13-23-41)42-24-18-37(19-25-42)36-14-16-38(17-15-36)40-21-28-47-46-10-6-7-11-50(46)55-51(47)31-40/h3-32H,1-2H3. The Morgan fingerprint density at radius 1 is 0.436 bits per heavy atom. The summed E-state index contributed by atoms with van der Waals surface area (Å²) < 4.78 is 6.16. The molecule has 0 spiro atoms. The normalized spacial score (nSPS) is 12.7. The summed E-state index contributed by atoms with van der Waals surface area (Å²) in [4.78, 5) is 2.29. The Balaban J connectivity index is 0.978. The van der Waals surface area contributed by atoms with Gasteiger partial charge < -0.3 is 9.32 Å². The van der Waals surface area contributed by atoms with Crippen molar-refractivity contribution in [1.82, 2.24) is 0 Å². The molecule has 1 aliphatic rings. The van der Waals surface area contributed by atoms with E-state index in [0.717, 1.165) is 61.3 Å². The molecule has 0 saturated heterocycles. The van der Waals surface area contributed by atoms with Crippen molar-refractivity contribution in [2.24, 2.45) is 0 Å². The van der Waals surface area contributed by atoms with Crippen molar-refractivity contribution in [2.75, 3.05) is 4.90 Å². The Labute approximate surface area is 321 Å². The van der Waals surface area contributed by atoms with Crippen LogP contribution in [0.1, 0.15) is 30.5 Å². The number of hydrogen-bond donors (Lipinski definition) is 0. The van der Waals surface area contributed by atoms with E-state index in [1.54, 1.807) is 0 Å². The molecule has 0 aliphatic heterocycles. The van der Waals surface area contributed by atoms with E-state index in [9.17, 15) is 5.26 Å². The van der Waals surface area contributed by atoms with Crippen LogP contribution >= 0.6 is 0 Å². The highest BCUT2D eigenvalue weighted by atomic mass is 16.3. The third kappa shape index (κ3) is 5.50. The summed E-state index contributed by atoms with van der Waals surface area (Å²) in [5.74, 6) is 0. The molecule has 260 valence electrons. The van der Waals surface area contributed by atoms with Crippen molar-refractivity contribution in [3.63, 3.8) is 0 Å². The maximum Gasteiger partial charge on any atom is 0.136 e. The van der Waals surface area contributed by atoms with Gasteiger partial charge in [-0.05, 0) is 128 Å². The van der Waals surface area contributed by atoms with E-state index in [2.05, 4.69) is 170 Å². The van der Waals surface area contributed by atoms with Crippen molar-refractivity contribution >= 4 is 39.0 Å². The number of anilines is 3. The first kappa shape index (κ1) is 32.5. The second-order valence-electron chi connectivity index (χ2n) is 14.9. The Morgan fingerprint density at radius 2 is 0.927 bits per heavy atom. The fourth-order valence-corrected chi connectivity index (χ4v) is 8.37. The molecule has 0 unspecified atom stereocenters. The lowest BCUT2D eigenvalue weighted by Gasteiger charge is -2.28. The molecule has 3 heteroatoms. The quantitative estimate of drug-likeness (QED) is 0.173. The van der Waals surface area contributed by atoms with Crippen LogP contribution in [0.2, 0.25) is 0 Å². The zero-order valence-electron chi connectivity index (χ0n) is 30.6. The minimum Gasteiger partial charge on any atom is -0.456 e. The van der Waals surface area contributed by atoms with Crippen LogP contribution in [0.3, 0.4) is 0 Å². The van der Waals surface area contributed by atoms with Crippen molar-refractivity contribution in [2.45, 2.75) is 19.3 Å². The van der Waals surface area contributed by atoms with Gasteiger partial charge in [0, 0.05) is 33.2 Å². The maximum atomic E-state index is 9.56. The van der Waals surface area contributed by atoms with Crippen LogP contribution in [-0.2, 0) is 5.41 Å². The fraction of sp³-hybridized carbons (Fsp3) is 0.0577. The molecule has 0 fully saturated rings. The molecule has 8 aromatic carbocycles. The zero-order chi connectivity index (χ0) is 37.1. The van der Waals surface area contributed by atoms with E-state index < -0.39 is 0 Å². The minimum absolute atomic E-state index is 0.185. The number of benzene rings is 8. The van der Waals surface area contributed by atoms with Crippen LogP contribution in [0.5, 0.6) is 0 Å². The predicted octanol–water partition coefficient (Wildman–Crippen LogP) is 14.2. The Hall–Kier alpha value is -7.15. The molecular weight excluding hydrogens is 669 g/mol. The van der Waals surface area contributed by atoms with Crippen LogP contribution in [0, 0.1) is 11.3 Å². The number of fused-ring (bicyclic) bond motifs is 6. The van der Waals surface area contributed by atoms with Gasteiger partial charge in [0.2, 0.25) is 0 Å². The lowest BCUT2D eigenvalue weighted by atomic mass is 9.81. The molecule has 0 saturated carbocycles. The van der Waals surface area contributed by atoms with E-state index in [4.69, 9.17) is 4.42 Å². The van der Waals surface area contributed by atoms with Crippen molar-refractivity contribution in [3.05, 3.63) is 199 Å². The predicted molar refractivity (Wildman–Crippen MR) is 227 cm³/mol. The first-order valence-electron chi connectivity index (χ1n) is 18.7. The number of hydrogen-bond acceptors (Lipinski definition) is 3. The van der Waals surface area contributed by atoms with Gasteiger partial charge in [0.05, 0.1) is 11.6 Å². The summed E-state index contributed by atoms with van der Waals surface area (Å²) >= 11 is 0. The van der Waals surface area contributed by atoms with Gasteiger partial charge in [0.25, 0.3) is 0 Å². The summed E-state index contributed by atoms with van der Waals surface area (Å²) in [6, 6.07) is 66.7. The Bertz CT molecular complexity index is 2930. The molecule has 0 N–H and O–H groups in total. The van der Waals surface area contributed by atoms with Crippen LogP contribution in [0.15, 0.2) is 186 Å². The van der Waals surface area contributed by atoms with Crippen LogP contribution in [0.4, 0.5) is 17.1 Å². The third-order valence-corrected chi connectivity index (χ3v) is 11.3. The monoisotopic (exact) mass is 704 g/mol. The van der Waals surface area contributed by atoms with E-state index in [1.807, 2.05) is 36.4 Å². The van der Waals surface area contributed by atoms with Crippen LogP contribution in [-0.4, -0.2) is 0 Å². The summed E-state index contributed by atoms with van der Waals surface area (Å²) in [6.07, 6.45) is 0. The van der Waals surface area contributed by atoms with Crippen molar-refractivity contribution < 1.29 is 4.42 Å². The molecule has 1 heterocycles. The van der Waals surface area contributed by atoms with Gasteiger partial charge in [0.1, 0.15) is 11.2 Å². The lowest BCUT2D eigenvalue weighted by Crippen LogP contribution is -2.16. The third-order valence-electron chi connectivity index (χ3n) is 11.3. The average Bonchev–Trinajstić information content (AvgIpc) is 3.72. The molecule has 1 aliphatic carbocycles. The van der Waals surface area contributed by atoms with Gasteiger partial charge >= 0.3 is 0 Å². The van der Waals surface area contributed by atoms with Crippen LogP contribution < -0.4 is 4.90 Å². The first-order valence-corrected chi connectivity index (χ1v) is 18.7. The molecule has 0 bridgehead atoms. The zero-order valence-corrected chi connectivity index (χ0v) is 30.6. The molecule has 3 nitrogen and oxygen atoms in total. The van der Waals surface area contributed by atoms with E-state index >= 15 is 0 Å². The Kier molecular flexibility index (Phi) is 7.54. The topological polar surface area (TPSA) is 40.2 Å². The number of furan rings is 1.